The lowest BCUT2D eigenvalue weighted by Gasteiger charge is -2.11. The standard InChI is InChI=1S/C11H16BrNO2S/c1-3-8(2)16(14,15)7-9-4-5-10(12)11(13)6-9/h4-6,8H,3,7,13H2,1-2H3. The third kappa shape index (κ3) is 3.22. The van der Waals surface area contributed by atoms with Crippen LogP contribution in [0.5, 0.6) is 0 Å². The first kappa shape index (κ1) is 13.5. The molecule has 0 saturated carbocycles. The fraction of sp³-hybridized carbons (Fsp3) is 0.455. The van der Waals surface area contributed by atoms with Crippen molar-refractivity contribution in [3.05, 3.63) is 28.2 Å². The molecule has 0 bridgehead atoms. The topological polar surface area (TPSA) is 60.2 Å². The highest BCUT2D eigenvalue weighted by Crippen LogP contribution is 2.22. The summed E-state index contributed by atoms with van der Waals surface area (Å²) < 4.78 is 24.5. The average molecular weight is 306 g/mol. The van der Waals surface area contributed by atoms with Gasteiger partial charge in [0.2, 0.25) is 0 Å². The molecule has 0 spiro atoms. The van der Waals surface area contributed by atoms with Crippen LogP contribution in [0.1, 0.15) is 25.8 Å². The number of hydrogen-bond acceptors (Lipinski definition) is 3. The zero-order valence-electron chi connectivity index (χ0n) is 9.40. The van der Waals surface area contributed by atoms with Crippen LogP contribution in [-0.2, 0) is 15.6 Å². The third-order valence-corrected chi connectivity index (χ3v) is 5.63. The highest BCUT2D eigenvalue weighted by Gasteiger charge is 2.19. The maximum Gasteiger partial charge on any atom is 0.157 e. The molecule has 1 unspecified atom stereocenters. The first-order valence-corrected chi connectivity index (χ1v) is 7.63. The first-order chi connectivity index (χ1) is 7.36. The molecule has 1 atom stereocenters. The molecule has 1 rings (SSSR count). The van der Waals surface area contributed by atoms with Gasteiger partial charge in [-0.15, -0.1) is 0 Å². The number of nitrogens with two attached hydrogens (primary N) is 1. The van der Waals surface area contributed by atoms with Crippen molar-refractivity contribution in [1.29, 1.82) is 0 Å². The number of anilines is 1. The van der Waals surface area contributed by atoms with Crippen LogP contribution in [0.2, 0.25) is 0 Å². The van der Waals surface area contributed by atoms with Gasteiger partial charge in [-0.2, -0.15) is 0 Å². The molecular weight excluding hydrogens is 290 g/mol. The van der Waals surface area contributed by atoms with E-state index in [0.29, 0.717) is 12.1 Å². The highest BCUT2D eigenvalue weighted by molar-refractivity contribution is 9.10. The van der Waals surface area contributed by atoms with Gasteiger partial charge >= 0.3 is 0 Å². The minimum Gasteiger partial charge on any atom is -0.398 e. The molecule has 0 saturated heterocycles. The Bertz CT molecular complexity index is 471. The fourth-order valence-electron chi connectivity index (χ4n) is 1.31. The maximum absolute atomic E-state index is 11.9. The smallest absolute Gasteiger partial charge is 0.157 e. The highest BCUT2D eigenvalue weighted by atomic mass is 79.9. The van der Waals surface area contributed by atoms with E-state index in [1.54, 1.807) is 25.1 Å². The quantitative estimate of drug-likeness (QED) is 0.870. The molecule has 0 radical (unpaired) electrons. The van der Waals surface area contributed by atoms with E-state index in [1.807, 2.05) is 6.92 Å². The van der Waals surface area contributed by atoms with Gasteiger partial charge in [0.05, 0.1) is 11.0 Å². The van der Waals surface area contributed by atoms with Gasteiger partial charge in [0.25, 0.3) is 0 Å². The Kier molecular flexibility index (Phi) is 4.38. The summed E-state index contributed by atoms with van der Waals surface area (Å²) in [4.78, 5) is 0. The van der Waals surface area contributed by atoms with E-state index in [4.69, 9.17) is 5.73 Å². The molecule has 0 heterocycles. The van der Waals surface area contributed by atoms with Crippen molar-refractivity contribution in [3.63, 3.8) is 0 Å². The summed E-state index contributed by atoms with van der Waals surface area (Å²) in [6.45, 7) is 3.61. The molecule has 0 aromatic heterocycles. The molecule has 16 heavy (non-hydrogen) atoms. The lowest BCUT2D eigenvalue weighted by molar-refractivity contribution is 0.580. The second kappa shape index (κ2) is 5.19. The lowest BCUT2D eigenvalue weighted by Crippen LogP contribution is -2.18. The second-order valence-corrected chi connectivity index (χ2v) is 7.16. The third-order valence-electron chi connectivity index (χ3n) is 2.62. The van der Waals surface area contributed by atoms with E-state index in [1.165, 1.54) is 0 Å². The lowest BCUT2D eigenvalue weighted by atomic mass is 10.2. The molecule has 3 nitrogen and oxygen atoms in total. The maximum atomic E-state index is 11.9. The van der Waals surface area contributed by atoms with Gasteiger partial charge in [0.1, 0.15) is 0 Å². The fourth-order valence-corrected chi connectivity index (χ4v) is 2.99. The Hall–Kier alpha value is -0.550. The summed E-state index contributed by atoms with van der Waals surface area (Å²) in [5.41, 5.74) is 7.01. The Balaban J connectivity index is 2.93. The van der Waals surface area contributed by atoms with Crippen LogP contribution in [-0.4, -0.2) is 13.7 Å². The molecule has 0 aliphatic carbocycles. The van der Waals surface area contributed by atoms with Crippen LogP contribution >= 0.6 is 15.9 Å². The van der Waals surface area contributed by atoms with Crippen molar-refractivity contribution >= 4 is 31.5 Å². The van der Waals surface area contributed by atoms with Crippen molar-refractivity contribution in [2.45, 2.75) is 31.3 Å². The largest absolute Gasteiger partial charge is 0.398 e. The van der Waals surface area contributed by atoms with Crippen molar-refractivity contribution < 1.29 is 8.42 Å². The molecule has 0 fully saturated rings. The summed E-state index contributed by atoms with van der Waals surface area (Å²) in [6, 6.07) is 5.25. The van der Waals surface area contributed by atoms with Crippen LogP contribution in [0.3, 0.4) is 0 Å². The van der Waals surface area contributed by atoms with Crippen LogP contribution < -0.4 is 5.73 Å². The number of hydrogen-bond donors (Lipinski definition) is 1. The summed E-state index contributed by atoms with van der Waals surface area (Å²) >= 11 is 3.28. The number of rotatable bonds is 4. The van der Waals surface area contributed by atoms with E-state index >= 15 is 0 Å². The number of nitrogen functional groups attached to an aromatic ring is 1. The summed E-state index contributed by atoms with van der Waals surface area (Å²) in [5, 5.41) is -0.308. The molecule has 0 aliphatic heterocycles. The molecule has 5 heteroatoms. The summed E-state index contributed by atoms with van der Waals surface area (Å²) in [7, 11) is -3.06. The van der Waals surface area contributed by atoms with E-state index in [2.05, 4.69) is 15.9 Å². The SMILES string of the molecule is CCC(C)S(=O)(=O)Cc1ccc(Br)c(N)c1. The van der Waals surface area contributed by atoms with Gasteiger partial charge in [-0.05, 0) is 47.0 Å². The zero-order valence-corrected chi connectivity index (χ0v) is 11.8. The van der Waals surface area contributed by atoms with Crippen molar-refractivity contribution in [3.8, 4) is 0 Å². The normalized spacial score (nSPS) is 13.7. The minimum atomic E-state index is -3.06. The van der Waals surface area contributed by atoms with Crippen LogP contribution in [0.25, 0.3) is 0 Å². The molecule has 0 amide bonds. The van der Waals surface area contributed by atoms with Crippen molar-refractivity contribution in [1.82, 2.24) is 0 Å². The van der Waals surface area contributed by atoms with E-state index < -0.39 is 9.84 Å². The van der Waals surface area contributed by atoms with Crippen molar-refractivity contribution in [2.75, 3.05) is 5.73 Å². The monoisotopic (exact) mass is 305 g/mol. The van der Waals surface area contributed by atoms with Crippen molar-refractivity contribution in [2.24, 2.45) is 0 Å². The number of benzene rings is 1. The second-order valence-electron chi connectivity index (χ2n) is 3.88. The predicted octanol–water partition coefficient (Wildman–Crippen LogP) is 2.74. The molecule has 0 aliphatic rings. The van der Waals surface area contributed by atoms with Crippen LogP contribution in [0, 0.1) is 0 Å². The molecule has 2 N–H and O–H groups in total. The van der Waals surface area contributed by atoms with E-state index in [9.17, 15) is 8.42 Å². The Morgan fingerprint density at radius 2 is 2.06 bits per heavy atom. The van der Waals surface area contributed by atoms with Crippen LogP contribution in [0.4, 0.5) is 5.69 Å². The van der Waals surface area contributed by atoms with E-state index in [-0.39, 0.29) is 11.0 Å². The Morgan fingerprint density at radius 1 is 1.44 bits per heavy atom. The number of sulfone groups is 1. The van der Waals surface area contributed by atoms with Gasteiger partial charge in [-0.3, -0.25) is 0 Å². The summed E-state index contributed by atoms with van der Waals surface area (Å²) in [6.07, 6.45) is 0.633. The van der Waals surface area contributed by atoms with Gasteiger partial charge in [-0.1, -0.05) is 13.0 Å². The molecule has 1 aromatic carbocycles. The van der Waals surface area contributed by atoms with E-state index in [0.717, 1.165) is 10.0 Å². The Labute approximate surface area is 105 Å². The first-order valence-electron chi connectivity index (χ1n) is 5.12. The van der Waals surface area contributed by atoms with Gasteiger partial charge in [0, 0.05) is 10.2 Å². The van der Waals surface area contributed by atoms with Gasteiger partial charge in [0.15, 0.2) is 9.84 Å². The predicted molar refractivity (Wildman–Crippen MR) is 70.9 cm³/mol. The minimum absolute atomic E-state index is 0.0550. The van der Waals surface area contributed by atoms with Gasteiger partial charge in [-0.25, -0.2) is 8.42 Å². The summed E-state index contributed by atoms with van der Waals surface area (Å²) in [5.74, 6) is 0.0550. The average Bonchev–Trinajstić information content (AvgIpc) is 2.22. The zero-order chi connectivity index (χ0) is 12.3. The Morgan fingerprint density at radius 3 is 2.56 bits per heavy atom. The molecular formula is C11H16BrNO2S. The van der Waals surface area contributed by atoms with Crippen LogP contribution in [0.15, 0.2) is 22.7 Å². The van der Waals surface area contributed by atoms with Gasteiger partial charge < -0.3 is 5.73 Å². The number of halogens is 1. The molecule has 1 aromatic rings. The molecule has 90 valence electrons.